The smallest absolute Gasteiger partial charge is 0.113 e. The van der Waals surface area contributed by atoms with Gasteiger partial charge in [-0.2, -0.15) is 0 Å². The molecule has 1 heterocycles. The van der Waals surface area contributed by atoms with E-state index >= 15 is 0 Å². The normalized spacial score (nSPS) is 10.8. The highest BCUT2D eigenvalue weighted by Gasteiger charge is 2.06. The zero-order valence-corrected chi connectivity index (χ0v) is 11.3. The summed E-state index contributed by atoms with van der Waals surface area (Å²) in [5.41, 5.74) is 7.85. The van der Waals surface area contributed by atoms with Gasteiger partial charge in [-0.05, 0) is 23.6 Å². The third kappa shape index (κ3) is 2.92. The molecule has 0 bridgehead atoms. The molecule has 0 fully saturated rings. The molecule has 2 N–H and O–H groups in total. The Kier molecular flexibility index (Phi) is 4.39. The average Bonchev–Trinajstić information content (AvgIpc) is 2.80. The molecule has 0 aliphatic carbocycles. The maximum atomic E-state index is 6.06. The van der Waals surface area contributed by atoms with Gasteiger partial charge in [0.2, 0.25) is 0 Å². The topological polar surface area (TPSA) is 43.8 Å². The number of nitrogens with zero attached hydrogens (tertiary/aromatic N) is 2. The molecule has 0 spiro atoms. The molecule has 1 aromatic heterocycles. The van der Waals surface area contributed by atoms with Crippen molar-refractivity contribution in [1.82, 2.24) is 9.55 Å². The van der Waals surface area contributed by atoms with Gasteiger partial charge in [0.15, 0.2) is 0 Å². The highest BCUT2D eigenvalue weighted by Crippen LogP contribution is 2.18. The quantitative estimate of drug-likeness (QED) is 0.901. The maximum absolute atomic E-state index is 6.06. The summed E-state index contributed by atoms with van der Waals surface area (Å²) in [6.45, 7) is 3.64. The molecule has 0 amide bonds. The van der Waals surface area contributed by atoms with Crippen molar-refractivity contribution in [2.24, 2.45) is 5.73 Å². The van der Waals surface area contributed by atoms with Crippen molar-refractivity contribution in [2.45, 2.75) is 32.9 Å². The lowest BCUT2D eigenvalue weighted by atomic mass is 10.1. The largest absolute Gasteiger partial charge is 0.335 e. The summed E-state index contributed by atoms with van der Waals surface area (Å²) in [4.78, 5) is 4.41. The van der Waals surface area contributed by atoms with E-state index in [0.29, 0.717) is 6.54 Å². The molecule has 0 unspecified atom stereocenters. The van der Waals surface area contributed by atoms with Crippen molar-refractivity contribution in [1.29, 1.82) is 0 Å². The molecule has 1 aromatic carbocycles. The molecule has 4 heteroatoms. The number of nitrogens with two attached hydrogens (primary N) is 1. The van der Waals surface area contributed by atoms with Gasteiger partial charge in [-0.3, -0.25) is 0 Å². The Labute approximate surface area is 113 Å². The fourth-order valence-corrected chi connectivity index (χ4v) is 2.22. The van der Waals surface area contributed by atoms with Gasteiger partial charge in [0.25, 0.3) is 0 Å². The zero-order valence-electron chi connectivity index (χ0n) is 10.6. The van der Waals surface area contributed by atoms with Gasteiger partial charge in [0.1, 0.15) is 5.82 Å². The van der Waals surface area contributed by atoms with Crippen LogP contribution in [0.3, 0.4) is 0 Å². The van der Waals surface area contributed by atoms with E-state index in [9.17, 15) is 0 Å². The van der Waals surface area contributed by atoms with E-state index < -0.39 is 0 Å². The minimum absolute atomic E-state index is 0.468. The highest BCUT2D eigenvalue weighted by atomic mass is 35.5. The summed E-state index contributed by atoms with van der Waals surface area (Å²) in [5.74, 6) is 1.09. The molecule has 0 saturated heterocycles. The summed E-state index contributed by atoms with van der Waals surface area (Å²) in [7, 11) is 0. The number of aromatic nitrogens is 2. The van der Waals surface area contributed by atoms with Crippen molar-refractivity contribution in [2.75, 3.05) is 0 Å². The number of aryl methyl sites for hydroxylation is 1. The number of imidazole rings is 1. The minimum Gasteiger partial charge on any atom is -0.335 e. The Morgan fingerprint density at radius 3 is 2.94 bits per heavy atom. The predicted molar refractivity (Wildman–Crippen MR) is 74.7 cm³/mol. The molecule has 0 aliphatic heterocycles. The van der Waals surface area contributed by atoms with Crippen LogP contribution in [0.25, 0.3) is 0 Å². The van der Waals surface area contributed by atoms with E-state index in [0.717, 1.165) is 35.8 Å². The van der Waals surface area contributed by atoms with Crippen LogP contribution in [0.4, 0.5) is 0 Å². The molecular weight excluding hydrogens is 246 g/mol. The lowest BCUT2D eigenvalue weighted by Crippen LogP contribution is -2.04. The van der Waals surface area contributed by atoms with Crippen LogP contribution in [0.1, 0.15) is 30.3 Å². The van der Waals surface area contributed by atoms with Crippen molar-refractivity contribution in [3.05, 3.63) is 52.6 Å². The van der Waals surface area contributed by atoms with Gasteiger partial charge in [0, 0.05) is 36.9 Å². The molecule has 0 radical (unpaired) electrons. The van der Waals surface area contributed by atoms with Crippen molar-refractivity contribution in [3.8, 4) is 0 Å². The second-order valence-corrected chi connectivity index (χ2v) is 4.75. The zero-order chi connectivity index (χ0) is 13.0. The Morgan fingerprint density at radius 1 is 1.39 bits per heavy atom. The molecule has 96 valence electrons. The van der Waals surface area contributed by atoms with Gasteiger partial charge >= 0.3 is 0 Å². The molecule has 2 rings (SSSR count). The van der Waals surface area contributed by atoms with Crippen LogP contribution in [-0.4, -0.2) is 9.55 Å². The summed E-state index contributed by atoms with van der Waals surface area (Å²) >= 11 is 6.06. The molecule has 0 aliphatic rings. The Balaban J connectivity index is 2.20. The van der Waals surface area contributed by atoms with Crippen LogP contribution in [0.15, 0.2) is 30.6 Å². The van der Waals surface area contributed by atoms with Gasteiger partial charge in [-0.15, -0.1) is 0 Å². The first-order valence-electron chi connectivity index (χ1n) is 6.22. The molecule has 0 saturated carbocycles. The number of hydrogen-bond acceptors (Lipinski definition) is 2. The second-order valence-electron chi connectivity index (χ2n) is 4.34. The average molecular weight is 264 g/mol. The lowest BCUT2D eigenvalue weighted by molar-refractivity contribution is 0.647. The highest BCUT2D eigenvalue weighted by molar-refractivity contribution is 6.31. The van der Waals surface area contributed by atoms with Crippen LogP contribution in [0.2, 0.25) is 5.02 Å². The van der Waals surface area contributed by atoms with E-state index in [2.05, 4.69) is 22.5 Å². The Morgan fingerprint density at radius 2 is 2.22 bits per heavy atom. The number of halogens is 1. The van der Waals surface area contributed by atoms with Crippen LogP contribution < -0.4 is 5.73 Å². The third-order valence-corrected chi connectivity index (χ3v) is 3.33. The molecule has 2 aromatic rings. The minimum atomic E-state index is 0.468. The third-order valence-electron chi connectivity index (χ3n) is 2.96. The van der Waals surface area contributed by atoms with E-state index in [4.69, 9.17) is 17.3 Å². The first kappa shape index (κ1) is 13.1. The van der Waals surface area contributed by atoms with Crippen LogP contribution in [0, 0.1) is 0 Å². The maximum Gasteiger partial charge on any atom is 0.113 e. The van der Waals surface area contributed by atoms with Gasteiger partial charge in [-0.1, -0.05) is 30.7 Å². The fraction of sp³-hybridized carbons (Fsp3) is 0.357. The van der Waals surface area contributed by atoms with Crippen molar-refractivity contribution >= 4 is 11.6 Å². The van der Waals surface area contributed by atoms with Gasteiger partial charge < -0.3 is 10.3 Å². The first-order chi connectivity index (χ1) is 8.74. The predicted octanol–water partition coefficient (Wildman–Crippen LogP) is 3.00. The second kappa shape index (κ2) is 6.03. The summed E-state index contributed by atoms with van der Waals surface area (Å²) in [5, 5.41) is 0.734. The monoisotopic (exact) mass is 263 g/mol. The Hall–Kier alpha value is -1.32. The van der Waals surface area contributed by atoms with E-state index in [1.165, 1.54) is 5.56 Å². The van der Waals surface area contributed by atoms with E-state index in [-0.39, 0.29) is 0 Å². The number of rotatable bonds is 5. The molecule has 0 atom stereocenters. The van der Waals surface area contributed by atoms with Gasteiger partial charge in [-0.25, -0.2) is 4.98 Å². The van der Waals surface area contributed by atoms with E-state index in [1.807, 2.05) is 24.5 Å². The molecular formula is C14H18ClN3. The van der Waals surface area contributed by atoms with Crippen molar-refractivity contribution < 1.29 is 0 Å². The SMILES string of the molecule is CCCn1ccnc1Cc1ccc(Cl)c(CN)c1. The summed E-state index contributed by atoms with van der Waals surface area (Å²) in [6.07, 6.45) is 5.80. The summed E-state index contributed by atoms with van der Waals surface area (Å²) in [6, 6.07) is 6.01. The summed E-state index contributed by atoms with van der Waals surface area (Å²) < 4.78 is 2.19. The first-order valence-corrected chi connectivity index (χ1v) is 6.59. The van der Waals surface area contributed by atoms with Gasteiger partial charge in [0.05, 0.1) is 0 Å². The van der Waals surface area contributed by atoms with E-state index in [1.54, 1.807) is 0 Å². The van der Waals surface area contributed by atoms with Crippen LogP contribution >= 0.6 is 11.6 Å². The number of benzene rings is 1. The van der Waals surface area contributed by atoms with Crippen LogP contribution in [-0.2, 0) is 19.5 Å². The Bertz CT molecular complexity index is 520. The fourth-order valence-electron chi connectivity index (χ4n) is 2.03. The van der Waals surface area contributed by atoms with Crippen molar-refractivity contribution in [3.63, 3.8) is 0 Å². The lowest BCUT2D eigenvalue weighted by Gasteiger charge is -2.08. The number of hydrogen-bond donors (Lipinski definition) is 1. The molecule has 3 nitrogen and oxygen atoms in total. The standard InChI is InChI=1S/C14H18ClN3/c1-2-6-18-7-5-17-14(18)9-11-3-4-13(15)12(8-11)10-16/h3-5,7-8H,2,6,9-10,16H2,1H3. The van der Waals surface area contributed by atoms with Crippen LogP contribution in [0.5, 0.6) is 0 Å². The molecule has 18 heavy (non-hydrogen) atoms.